The predicted octanol–water partition coefficient (Wildman–Crippen LogP) is 3.03. The molecule has 0 aromatic heterocycles. The lowest BCUT2D eigenvalue weighted by atomic mass is 9.97. The SMILES string of the molecule is CC(=O)NC(C)C(=O)N1CCCC1c1cccc2ccccc12. The van der Waals surface area contributed by atoms with Crippen LogP contribution in [0.5, 0.6) is 0 Å². The summed E-state index contributed by atoms with van der Waals surface area (Å²) in [6, 6.07) is 14.1. The molecule has 2 atom stereocenters. The quantitative estimate of drug-likeness (QED) is 0.947. The van der Waals surface area contributed by atoms with Crippen molar-refractivity contribution in [1.82, 2.24) is 10.2 Å². The minimum absolute atomic E-state index is 0.00404. The van der Waals surface area contributed by atoms with Crippen LogP contribution in [0.2, 0.25) is 0 Å². The zero-order valence-corrected chi connectivity index (χ0v) is 13.6. The summed E-state index contributed by atoms with van der Waals surface area (Å²) in [6.45, 7) is 3.94. The maximum Gasteiger partial charge on any atom is 0.245 e. The molecule has 1 fully saturated rings. The molecule has 1 heterocycles. The summed E-state index contributed by atoms with van der Waals surface area (Å²) in [6.07, 6.45) is 1.96. The average Bonchev–Trinajstić information content (AvgIpc) is 3.02. The fraction of sp³-hybridized carbons (Fsp3) is 0.368. The van der Waals surface area contributed by atoms with Crippen LogP contribution in [0.4, 0.5) is 0 Å². The largest absolute Gasteiger partial charge is 0.345 e. The number of carbonyl (C=O) groups is 2. The van der Waals surface area contributed by atoms with E-state index in [0.29, 0.717) is 0 Å². The number of fused-ring (bicyclic) bond motifs is 1. The van der Waals surface area contributed by atoms with Gasteiger partial charge in [0.2, 0.25) is 11.8 Å². The third-order valence-corrected chi connectivity index (χ3v) is 4.51. The molecule has 0 saturated carbocycles. The number of hydrogen-bond acceptors (Lipinski definition) is 2. The maximum absolute atomic E-state index is 12.7. The van der Waals surface area contributed by atoms with E-state index in [0.717, 1.165) is 19.4 Å². The van der Waals surface area contributed by atoms with E-state index in [1.165, 1.54) is 23.3 Å². The smallest absolute Gasteiger partial charge is 0.245 e. The number of nitrogens with one attached hydrogen (secondary N) is 1. The van der Waals surface area contributed by atoms with Gasteiger partial charge in [-0.15, -0.1) is 0 Å². The van der Waals surface area contributed by atoms with Crippen molar-refractivity contribution < 1.29 is 9.59 Å². The number of benzene rings is 2. The first-order valence-electron chi connectivity index (χ1n) is 8.13. The molecule has 23 heavy (non-hydrogen) atoms. The van der Waals surface area contributed by atoms with Gasteiger partial charge in [-0.3, -0.25) is 9.59 Å². The van der Waals surface area contributed by atoms with Crippen LogP contribution in [-0.4, -0.2) is 29.3 Å². The molecule has 4 heteroatoms. The first kappa shape index (κ1) is 15.5. The van der Waals surface area contributed by atoms with E-state index in [9.17, 15) is 9.59 Å². The van der Waals surface area contributed by atoms with Gasteiger partial charge in [0.05, 0.1) is 6.04 Å². The van der Waals surface area contributed by atoms with Crippen molar-refractivity contribution in [3.63, 3.8) is 0 Å². The molecule has 2 amide bonds. The molecule has 0 radical (unpaired) electrons. The Morgan fingerprint density at radius 3 is 2.70 bits per heavy atom. The fourth-order valence-electron chi connectivity index (χ4n) is 3.51. The van der Waals surface area contributed by atoms with E-state index in [4.69, 9.17) is 0 Å². The maximum atomic E-state index is 12.7. The van der Waals surface area contributed by atoms with Gasteiger partial charge in [0.1, 0.15) is 6.04 Å². The van der Waals surface area contributed by atoms with Gasteiger partial charge in [-0.1, -0.05) is 42.5 Å². The number of carbonyl (C=O) groups excluding carboxylic acids is 2. The summed E-state index contributed by atoms with van der Waals surface area (Å²) in [5, 5.41) is 5.09. The van der Waals surface area contributed by atoms with Gasteiger partial charge in [-0.05, 0) is 36.1 Å². The first-order valence-corrected chi connectivity index (χ1v) is 8.13. The Morgan fingerprint density at radius 1 is 1.17 bits per heavy atom. The zero-order valence-electron chi connectivity index (χ0n) is 13.6. The Balaban J connectivity index is 1.92. The van der Waals surface area contributed by atoms with Gasteiger partial charge in [0.25, 0.3) is 0 Å². The highest BCUT2D eigenvalue weighted by Crippen LogP contribution is 2.36. The van der Waals surface area contributed by atoms with Gasteiger partial charge >= 0.3 is 0 Å². The minimum Gasteiger partial charge on any atom is -0.345 e. The van der Waals surface area contributed by atoms with Crippen molar-refractivity contribution in [1.29, 1.82) is 0 Å². The second-order valence-corrected chi connectivity index (χ2v) is 6.18. The normalized spacial score (nSPS) is 18.9. The van der Waals surface area contributed by atoms with Gasteiger partial charge in [0.15, 0.2) is 0 Å². The molecule has 0 spiro atoms. The van der Waals surface area contributed by atoms with Crippen LogP contribution in [0.15, 0.2) is 42.5 Å². The first-order chi connectivity index (χ1) is 11.1. The van der Waals surface area contributed by atoms with Gasteiger partial charge in [-0.2, -0.15) is 0 Å². The molecule has 0 bridgehead atoms. The summed E-state index contributed by atoms with van der Waals surface area (Å²) in [5.74, 6) is -0.178. The van der Waals surface area contributed by atoms with E-state index in [1.807, 2.05) is 17.0 Å². The van der Waals surface area contributed by atoms with Crippen LogP contribution in [0.25, 0.3) is 10.8 Å². The molecule has 1 saturated heterocycles. The molecule has 1 N–H and O–H groups in total. The van der Waals surface area contributed by atoms with Crippen LogP contribution >= 0.6 is 0 Å². The number of nitrogens with zero attached hydrogens (tertiary/aromatic N) is 1. The van der Waals surface area contributed by atoms with Gasteiger partial charge in [-0.25, -0.2) is 0 Å². The molecule has 4 nitrogen and oxygen atoms in total. The average molecular weight is 310 g/mol. The highest BCUT2D eigenvalue weighted by molar-refractivity contribution is 5.89. The van der Waals surface area contributed by atoms with Crippen molar-refractivity contribution in [3.05, 3.63) is 48.0 Å². The van der Waals surface area contributed by atoms with E-state index in [1.54, 1.807) is 6.92 Å². The molecular formula is C19H22N2O2. The second kappa shape index (κ2) is 6.41. The lowest BCUT2D eigenvalue weighted by Crippen LogP contribution is -2.46. The summed E-state index contributed by atoms with van der Waals surface area (Å²) < 4.78 is 0. The lowest BCUT2D eigenvalue weighted by Gasteiger charge is -2.28. The molecule has 0 aliphatic carbocycles. The van der Waals surface area contributed by atoms with Crippen molar-refractivity contribution in [2.24, 2.45) is 0 Å². The van der Waals surface area contributed by atoms with Crippen LogP contribution in [-0.2, 0) is 9.59 Å². The Bertz CT molecular complexity index is 736. The van der Waals surface area contributed by atoms with E-state index < -0.39 is 6.04 Å². The van der Waals surface area contributed by atoms with Gasteiger partial charge in [0, 0.05) is 13.5 Å². The van der Waals surface area contributed by atoms with E-state index in [-0.39, 0.29) is 17.9 Å². The molecule has 3 rings (SSSR count). The second-order valence-electron chi connectivity index (χ2n) is 6.18. The number of hydrogen-bond donors (Lipinski definition) is 1. The molecule has 2 aromatic rings. The Kier molecular flexibility index (Phi) is 4.33. The van der Waals surface area contributed by atoms with Crippen molar-refractivity contribution >= 4 is 22.6 Å². The molecule has 120 valence electrons. The highest BCUT2D eigenvalue weighted by atomic mass is 16.2. The Labute approximate surface area is 136 Å². The Hall–Kier alpha value is -2.36. The standard InChI is InChI=1S/C19H22N2O2/c1-13(20-14(2)22)19(23)21-12-6-11-18(21)17-10-5-8-15-7-3-4-9-16(15)17/h3-5,7-10,13,18H,6,11-12H2,1-2H3,(H,20,22). The van der Waals surface area contributed by atoms with Crippen LogP contribution in [0, 0.1) is 0 Å². The van der Waals surface area contributed by atoms with Crippen molar-refractivity contribution in [2.75, 3.05) is 6.54 Å². The third kappa shape index (κ3) is 3.07. The molecule has 2 aromatic carbocycles. The van der Waals surface area contributed by atoms with Crippen LogP contribution < -0.4 is 5.32 Å². The molecule has 1 aliphatic heterocycles. The van der Waals surface area contributed by atoms with Crippen LogP contribution in [0.3, 0.4) is 0 Å². The summed E-state index contributed by atoms with van der Waals surface area (Å²) in [7, 11) is 0. The summed E-state index contributed by atoms with van der Waals surface area (Å²) >= 11 is 0. The topological polar surface area (TPSA) is 49.4 Å². The highest BCUT2D eigenvalue weighted by Gasteiger charge is 2.33. The number of rotatable bonds is 3. The number of likely N-dealkylation sites (tertiary alicyclic amines) is 1. The summed E-state index contributed by atoms with van der Waals surface area (Å²) in [4.78, 5) is 25.8. The molecule has 1 aliphatic rings. The van der Waals surface area contributed by atoms with Crippen LogP contribution in [0.1, 0.15) is 38.3 Å². The van der Waals surface area contributed by atoms with E-state index >= 15 is 0 Å². The van der Waals surface area contributed by atoms with Crippen molar-refractivity contribution in [2.45, 2.75) is 38.8 Å². The molecule has 2 unspecified atom stereocenters. The Morgan fingerprint density at radius 2 is 1.91 bits per heavy atom. The number of amides is 2. The zero-order chi connectivity index (χ0) is 16.4. The van der Waals surface area contributed by atoms with Gasteiger partial charge < -0.3 is 10.2 Å². The lowest BCUT2D eigenvalue weighted by molar-refractivity contribution is -0.136. The minimum atomic E-state index is -0.483. The summed E-state index contributed by atoms with van der Waals surface area (Å²) in [5.41, 5.74) is 1.20. The predicted molar refractivity (Wildman–Crippen MR) is 90.9 cm³/mol. The fourth-order valence-corrected chi connectivity index (χ4v) is 3.51. The van der Waals surface area contributed by atoms with Crippen molar-refractivity contribution in [3.8, 4) is 0 Å². The molecular weight excluding hydrogens is 288 g/mol. The van der Waals surface area contributed by atoms with E-state index in [2.05, 4.69) is 35.6 Å². The monoisotopic (exact) mass is 310 g/mol. The third-order valence-electron chi connectivity index (χ3n) is 4.51.